The summed E-state index contributed by atoms with van der Waals surface area (Å²) in [7, 11) is 0. The number of amides is 1. The highest BCUT2D eigenvalue weighted by molar-refractivity contribution is 5.85. The molecule has 2 rings (SSSR count). The van der Waals surface area contributed by atoms with Crippen LogP contribution >= 0.6 is 0 Å². The van der Waals surface area contributed by atoms with Crippen LogP contribution in [0.15, 0.2) is 24.3 Å². The summed E-state index contributed by atoms with van der Waals surface area (Å²) in [5, 5.41) is 2.33. The first-order chi connectivity index (χ1) is 18.6. The first kappa shape index (κ1) is 21.5. The zero-order valence-corrected chi connectivity index (χ0v) is 18.2. The Balaban J connectivity index is 2.42. The van der Waals surface area contributed by atoms with Crippen LogP contribution in [0.1, 0.15) is 43.4 Å². The second-order valence-corrected chi connectivity index (χ2v) is 6.86. The van der Waals surface area contributed by atoms with Crippen LogP contribution in [0.5, 0.6) is 0 Å². The van der Waals surface area contributed by atoms with Crippen LogP contribution in [-0.2, 0) is 47.6 Å². The van der Waals surface area contributed by atoms with E-state index in [1.54, 1.807) is 0 Å². The number of hydrogen-bond acceptors (Lipinski definition) is 12. The molecule has 35 heavy (non-hydrogen) atoms. The van der Waals surface area contributed by atoms with Gasteiger partial charge >= 0.3 is 30.0 Å². The molecule has 5 atom stereocenters. The van der Waals surface area contributed by atoms with E-state index in [0.29, 0.717) is 11.8 Å². The SMILES string of the molecule is [2H]CC(=O)OC[C@H]1OC(OC(=O)Nc2ccc(C=O)cc2)[C@H](OC(=O)C[2H])[C@@H](OC(=O)C[2H])[C@H]1OC(=O)C[2H]. The van der Waals surface area contributed by atoms with Gasteiger partial charge in [-0.1, -0.05) is 0 Å². The summed E-state index contributed by atoms with van der Waals surface area (Å²) in [6.45, 7) is -4.22. The van der Waals surface area contributed by atoms with E-state index in [0.717, 1.165) is 0 Å². The van der Waals surface area contributed by atoms with Crippen molar-refractivity contribution < 1.29 is 62.7 Å². The van der Waals surface area contributed by atoms with Crippen LogP contribution in [0.4, 0.5) is 10.5 Å². The fourth-order valence-electron chi connectivity index (χ4n) is 3.04. The molecule has 0 radical (unpaired) electrons. The van der Waals surface area contributed by atoms with E-state index in [1.165, 1.54) is 24.3 Å². The predicted octanol–water partition coefficient (Wildman–Crippen LogP) is 1.13. The maximum absolute atomic E-state index is 12.6. The smallest absolute Gasteiger partial charge is 0.414 e. The molecule has 13 nitrogen and oxygen atoms in total. The summed E-state index contributed by atoms with van der Waals surface area (Å²) in [5.41, 5.74) is 0.505. The lowest BCUT2D eigenvalue weighted by atomic mass is 9.98. The van der Waals surface area contributed by atoms with E-state index in [-0.39, 0.29) is 5.69 Å². The number of carbonyl (C=O) groups is 6. The predicted molar refractivity (Wildman–Crippen MR) is 114 cm³/mol. The lowest BCUT2D eigenvalue weighted by Crippen LogP contribution is -2.63. The molecule has 1 heterocycles. The molecule has 0 saturated carbocycles. The van der Waals surface area contributed by atoms with Crippen LogP contribution in [0, 0.1) is 0 Å². The molecule has 1 fully saturated rings. The third-order valence-corrected chi connectivity index (χ3v) is 4.32. The highest BCUT2D eigenvalue weighted by Gasteiger charge is 2.53. The minimum Gasteiger partial charge on any atom is -0.463 e. The van der Waals surface area contributed by atoms with Gasteiger partial charge in [-0.2, -0.15) is 0 Å². The Morgan fingerprint density at radius 1 is 0.857 bits per heavy atom. The van der Waals surface area contributed by atoms with Gasteiger partial charge in [-0.3, -0.25) is 29.3 Å². The molecule has 1 saturated heterocycles. The summed E-state index contributed by atoms with van der Waals surface area (Å²) < 4.78 is 59.9. The van der Waals surface area contributed by atoms with E-state index in [9.17, 15) is 28.8 Å². The maximum atomic E-state index is 12.6. The zero-order chi connectivity index (χ0) is 28.9. The fraction of sp³-hybridized carbons (Fsp3) is 0.455. The van der Waals surface area contributed by atoms with Crippen molar-refractivity contribution in [1.29, 1.82) is 0 Å². The van der Waals surface area contributed by atoms with E-state index in [1.807, 2.05) is 0 Å². The van der Waals surface area contributed by atoms with Crippen molar-refractivity contribution in [3.63, 3.8) is 0 Å². The highest BCUT2D eigenvalue weighted by atomic mass is 16.8. The molecule has 13 heteroatoms. The van der Waals surface area contributed by atoms with Gasteiger partial charge in [-0.15, -0.1) is 0 Å². The monoisotopic (exact) mass is 499 g/mol. The van der Waals surface area contributed by atoms with Gasteiger partial charge in [0.05, 0.1) is 0 Å². The number of rotatable bonds is 8. The van der Waals surface area contributed by atoms with Crippen molar-refractivity contribution in [3.05, 3.63) is 29.8 Å². The van der Waals surface area contributed by atoms with E-state index in [4.69, 9.17) is 33.9 Å². The van der Waals surface area contributed by atoms with Gasteiger partial charge in [0.15, 0.2) is 12.2 Å². The molecule has 1 aromatic carbocycles. The summed E-state index contributed by atoms with van der Waals surface area (Å²) in [4.78, 5) is 71.1. The van der Waals surface area contributed by atoms with Gasteiger partial charge in [0, 0.05) is 44.3 Å². The number of esters is 4. The first-order valence-electron chi connectivity index (χ1n) is 12.6. The summed E-state index contributed by atoms with van der Waals surface area (Å²) in [5.74, 6) is -4.52. The number of carbonyl (C=O) groups excluding carboxylic acids is 6. The van der Waals surface area contributed by atoms with Gasteiger partial charge in [0.1, 0.15) is 19.0 Å². The molecular weight excluding hydrogens is 470 g/mol. The molecule has 1 N–H and O–H groups in total. The van der Waals surface area contributed by atoms with E-state index >= 15 is 0 Å². The maximum Gasteiger partial charge on any atom is 0.414 e. The summed E-state index contributed by atoms with van der Waals surface area (Å²) in [6.07, 6.45) is -9.36. The number of nitrogens with one attached hydrogen (secondary N) is 1. The van der Waals surface area contributed by atoms with Crippen molar-refractivity contribution >= 4 is 41.9 Å². The molecule has 0 bridgehead atoms. The van der Waals surface area contributed by atoms with Crippen LogP contribution in [0.25, 0.3) is 0 Å². The zero-order valence-electron chi connectivity index (χ0n) is 22.2. The number of ether oxygens (including phenoxy) is 6. The highest BCUT2D eigenvalue weighted by Crippen LogP contribution is 2.30. The van der Waals surface area contributed by atoms with Gasteiger partial charge in [-0.05, 0) is 24.3 Å². The molecule has 0 spiro atoms. The summed E-state index contributed by atoms with van der Waals surface area (Å²) in [6, 6.07) is 5.55. The molecule has 1 aliphatic rings. The Morgan fingerprint density at radius 2 is 1.43 bits per heavy atom. The fourth-order valence-corrected chi connectivity index (χ4v) is 3.04. The third-order valence-electron chi connectivity index (χ3n) is 4.32. The number of anilines is 1. The van der Waals surface area contributed by atoms with Gasteiger partial charge in [-0.25, -0.2) is 4.79 Å². The van der Waals surface area contributed by atoms with Gasteiger partial charge in [0.2, 0.25) is 12.4 Å². The average Bonchev–Trinajstić information content (AvgIpc) is 2.94. The molecule has 1 unspecified atom stereocenters. The minimum absolute atomic E-state index is 0.182. The third kappa shape index (κ3) is 8.37. The molecule has 1 aliphatic heterocycles. The molecule has 190 valence electrons. The molecule has 0 aliphatic carbocycles. The lowest BCUT2D eigenvalue weighted by molar-refractivity contribution is -0.293. The molecule has 1 amide bonds. The minimum atomic E-state index is -1.90. The van der Waals surface area contributed by atoms with Crippen molar-refractivity contribution in [2.75, 3.05) is 11.9 Å². The van der Waals surface area contributed by atoms with Crippen LogP contribution in [0.3, 0.4) is 0 Å². The van der Waals surface area contributed by atoms with Crippen molar-refractivity contribution in [1.82, 2.24) is 0 Å². The first-order valence-corrected chi connectivity index (χ1v) is 9.75. The van der Waals surface area contributed by atoms with Crippen molar-refractivity contribution in [2.24, 2.45) is 0 Å². The Morgan fingerprint density at radius 3 is 2.00 bits per heavy atom. The second-order valence-electron chi connectivity index (χ2n) is 6.86. The molecular formula is C22H25NO12. The van der Waals surface area contributed by atoms with Crippen LogP contribution < -0.4 is 5.32 Å². The quantitative estimate of drug-likeness (QED) is 0.308. The Labute approximate surface area is 205 Å². The standard InChI is InChI=1S/C22H25NO12/c1-11(25)30-10-17-18(31-12(2)26)19(32-13(3)27)20(33-14(4)28)21(34-17)35-22(29)23-16-7-5-15(9-24)6-8-16/h5-9,17-21H,10H2,1-4H3,(H,23,29)/t17-,18+,19+,20-,21?/m1/s1/i1D,2D,3D,4D. The van der Waals surface area contributed by atoms with Crippen molar-refractivity contribution in [3.8, 4) is 0 Å². The Hall–Kier alpha value is -4.00. The van der Waals surface area contributed by atoms with Gasteiger partial charge < -0.3 is 28.4 Å². The number of hydrogen-bond donors (Lipinski definition) is 1. The normalized spacial score (nSPS) is 24.7. The Kier molecular flexibility index (Phi) is 7.66. The largest absolute Gasteiger partial charge is 0.463 e. The van der Waals surface area contributed by atoms with Crippen LogP contribution in [-0.4, -0.2) is 73.6 Å². The number of benzene rings is 1. The average molecular weight is 499 g/mol. The van der Waals surface area contributed by atoms with Crippen LogP contribution in [0.2, 0.25) is 0 Å². The van der Waals surface area contributed by atoms with Crippen molar-refractivity contribution in [2.45, 2.75) is 58.3 Å². The van der Waals surface area contributed by atoms with E-state index in [2.05, 4.69) is 5.32 Å². The molecule has 1 aromatic rings. The number of aldehydes is 1. The lowest BCUT2D eigenvalue weighted by Gasteiger charge is -2.43. The molecule has 0 aromatic heterocycles. The van der Waals surface area contributed by atoms with Gasteiger partial charge in [0.25, 0.3) is 0 Å². The summed E-state index contributed by atoms with van der Waals surface area (Å²) >= 11 is 0. The Bertz CT molecular complexity index is 1040. The topological polar surface area (TPSA) is 170 Å². The van der Waals surface area contributed by atoms with E-state index < -0.39 is 94.9 Å². The second kappa shape index (κ2) is 12.5.